The summed E-state index contributed by atoms with van der Waals surface area (Å²) in [6, 6.07) is 0.642. The van der Waals surface area contributed by atoms with Crippen molar-refractivity contribution in [2.45, 2.75) is 57.7 Å². The van der Waals surface area contributed by atoms with Gasteiger partial charge in [0.2, 0.25) is 17.2 Å². The highest BCUT2D eigenvalue weighted by atomic mass is 35.5. The Balaban J connectivity index is 1.92. The fraction of sp³-hybridized carbons (Fsp3) is 0.786. The molecular weight excluding hydrogens is 290 g/mol. The van der Waals surface area contributed by atoms with Crippen molar-refractivity contribution < 1.29 is 5.11 Å². The Bertz CT molecular complexity index is 496. The first-order valence-corrected chi connectivity index (χ1v) is 8.13. The maximum atomic E-state index is 9.91. The highest BCUT2D eigenvalue weighted by Gasteiger charge is 2.41. The first kappa shape index (κ1) is 14.8. The average Bonchev–Trinajstić information content (AvgIpc) is 2.72. The van der Waals surface area contributed by atoms with Gasteiger partial charge >= 0.3 is 0 Å². The van der Waals surface area contributed by atoms with E-state index in [2.05, 4.69) is 38.6 Å². The van der Waals surface area contributed by atoms with Gasteiger partial charge in [0.25, 0.3) is 0 Å². The van der Waals surface area contributed by atoms with Gasteiger partial charge in [0.05, 0.1) is 6.10 Å². The number of aliphatic hydroxyl groups excluding tert-OH is 1. The van der Waals surface area contributed by atoms with Crippen LogP contribution in [-0.4, -0.2) is 51.3 Å². The van der Waals surface area contributed by atoms with Crippen LogP contribution in [0.15, 0.2) is 0 Å². The molecule has 3 rings (SSSR count). The van der Waals surface area contributed by atoms with Crippen molar-refractivity contribution in [1.82, 2.24) is 15.0 Å². The van der Waals surface area contributed by atoms with E-state index >= 15 is 0 Å². The average molecular weight is 312 g/mol. The number of fused-ring (bicyclic) bond motifs is 2. The van der Waals surface area contributed by atoms with E-state index in [4.69, 9.17) is 11.6 Å². The molecule has 2 fully saturated rings. The molecule has 0 aromatic carbocycles. The molecule has 2 bridgehead atoms. The molecule has 2 aliphatic heterocycles. The standard InChI is InChI=1S/C14H22ClN5O/c1-3-19(4-2)13-16-12(15)17-14(18-13)20-9-5-6-10(20)8-11(21)7-9/h9-11,21H,3-8H2,1-2H3. The highest BCUT2D eigenvalue weighted by Crippen LogP contribution is 2.38. The number of rotatable bonds is 4. The largest absolute Gasteiger partial charge is 0.393 e. The Morgan fingerprint density at radius 3 is 2.33 bits per heavy atom. The molecule has 1 N–H and O–H groups in total. The second-order valence-corrected chi connectivity index (χ2v) is 6.13. The van der Waals surface area contributed by atoms with E-state index in [1.165, 1.54) is 0 Å². The monoisotopic (exact) mass is 311 g/mol. The minimum atomic E-state index is -0.196. The summed E-state index contributed by atoms with van der Waals surface area (Å²) in [7, 11) is 0. The molecule has 116 valence electrons. The first-order valence-electron chi connectivity index (χ1n) is 7.75. The van der Waals surface area contributed by atoms with E-state index in [1.807, 2.05) is 0 Å². The van der Waals surface area contributed by atoms with Gasteiger partial charge in [-0.15, -0.1) is 0 Å². The third kappa shape index (κ3) is 2.79. The predicted molar refractivity (Wildman–Crippen MR) is 82.9 cm³/mol. The number of aliphatic hydroxyl groups is 1. The summed E-state index contributed by atoms with van der Waals surface area (Å²) < 4.78 is 0. The molecule has 1 aromatic heterocycles. The molecular formula is C14H22ClN5O. The van der Waals surface area contributed by atoms with Gasteiger partial charge in [-0.05, 0) is 51.1 Å². The molecule has 0 aliphatic carbocycles. The van der Waals surface area contributed by atoms with E-state index in [0.29, 0.717) is 24.0 Å². The molecule has 3 heterocycles. The lowest BCUT2D eigenvalue weighted by Crippen LogP contribution is -2.45. The zero-order valence-electron chi connectivity index (χ0n) is 12.5. The molecule has 2 atom stereocenters. The summed E-state index contributed by atoms with van der Waals surface area (Å²) in [5.41, 5.74) is 0. The van der Waals surface area contributed by atoms with Gasteiger partial charge in [-0.1, -0.05) is 0 Å². The number of nitrogens with zero attached hydrogens (tertiary/aromatic N) is 5. The number of hydrogen-bond acceptors (Lipinski definition) is 6. The molecule has 2 aliphatic rings. The van der Waals surface area contributed by atoms with Crippen LogP contribution in [0.2, 0.25) is 5.28 Å². The van der Waals surface area contributed by atoms with Crippen LogP contribution in [0.5, 0.6) is 0 Å². The molecule has 2 unspecified atom stereocenters. The Labute approximate surface area is 130 Å². The maximum absolute atomic E-state index is 9.91. The molecule has 2 saturated heterocycles. The Morgan fingerprint density at radius 2 is 1.76 bits per heavy atom. The minimum absolute atomic E-state index is 0.196. The number of anilines is 2. The number of aromatic nitrogens is 3. The Hall–Kier alpha value is -1.14. The van der Waals surface area contributed by atoms with Crippen LogP contribution in [0.1, 0.15) is 39.5 Å². The van der Waals surface area contributed by atoms with Crippen molar-refractivity contribution in [2.24, 2.45) is 0 Å². The molecule has 7 heteroatoms. The van der Waals surface area contributed by atoms with Gasteiger partial charge in [0, 0.05) is 25.2 Å². The van der Waals surface area contributed by atoms with Crippen LogP contribution in [0.3, 0.4) is 0 Å². The van der Waals surface area contributed by atoms with Crippen LogP contribution in [0.25, 0.3) is 0 Å². The molecule has 6 nitrogen and oxygen atoms in total. The van der Waals surface area contributed by atoms with Gasteiger partial charge in [0.15, 0.2) is 0 Å². The molecule has 0 saturated carbocycles. The van der Waals surface area contributed by atoms with Gasteiger partial charge in [-0.2, -0.15) is 15.0 Å². The quantitative estimate of drug-likeness (QED) is 0.915. The fourth-order valence-corrected chi connectivity index (χ4v) is 3.72. The summed E-state index contributed by atoms with van der Waals surface area (Å²) >= 11 is 6.11. The third-order valence-electron chi connectivity index (χ3n) is 4.57. The Morgan fingerprint density at radius 1 is 1.14 bits per heavy atom. The third-order valence-corrected chi connectivity index (χ3v) is 4.74. The van der Waals surface area contributed by atoms with Crippen molar-refractivity contribution in [2.75, 3.05) is 22.9 Å². The van der Waals surface area contributed by atoms with Crippen molar-refractivity contribution >= 4 is 23.5 Å². The van der Waals surface area contributed by atoms with E-state index in [1.54, 1.807) is 0 Å². The molecule has 0 radical (unpaired) electrons. The second kappa shape index (κ2) is 5.93. The predicted octanol–water partition coefficient (Wildman–Crippen LogP) is 1.86. The first-order chi connectivity index (χ1) is 10.1. The summed E-state index contributed by atoms with van der Waals surface area (Å²) in [6.07, 6.45) is 3.57. The summed E-state index contributed by atoms with van der Waals surface area (Å²) in [5, 5.41) is 10.2. The summed E-state index contributed by atoms with van der Waals surface area (Å²) in [4.78, 5) is 17.5. The van der Waals surface area contributed by atoms with Crippen molar-refractivity contribution in [1.29, 1.82) is 0 Å². The van der Waals surface area contributed by atoms with E-state index in [9.17, 15) is 5.11 Å². The molecule has 21 heavy (non-hydrogen) atoms. The Kier molecular flexibility index (Phi) is 4.17. The van der Waals surface area contributed by atoms with E-state index in [0.717, 1.165) is 38.8 Å². The summed E-state index contributed by atoms with van der Waals surface area (Å²) in [6.45, 7) is 5.81. The highest BCUT2D eigenvalue weighted by molar-refractivity contribution is 6.28. The molecule has 0 spiro atoms. The maximum Gasteiger partial charge on any atom is 0.231 e. The minimum Gasteiger partial charge on any atom is -0.393 e. The number of piperidine rings is 1. The molecule has 0 amide bonds. The van der Waals surface area contributed by atoms with Gasteiger partial charge in [0.1, 0.15) is 0 Å². The second-order valence-electron chi connectivity index (χ2n) is 5.79. The smallest absolute Gasteiger partial charge is 0.231 e. The lowest BCUT2D eigenvalue weighted by atomic mass is 10.0. The lowest BCUT2D eigenvalue weighted by molar-refractivity contribution is 0.125. The van der Waals surface area contributed by atoms with Crippen LogP contribution in [0, 0.1) is 0 Å². The van der Waals surface area contributed by atoms with Crippen LogP contribution in [-0.2, 0) is 0 Å². The normalized spacial score (nSPS) is 28.0. The lowest BCUT2D eigenvalue weighted by Gasteiger charge is -2.37. The topological polar surface area (TPSA) is 65.4 Å². The van der Waals surface area contributed by atoms with Crippen LogP contribution in [0.4, 0.5) is 11.9 Å². The van der Waals surface area contributed by atoms with Crippen LogP contribution >= 0.6 is 11.6 Å². The van der Waals surface area contributed by atoms with Gasteiger partial charge < -0.3 is 14.9 Å². The van der Waals surface area contributed by atoms with Crippen molar-refractivity contribution in [3.63, 3.8) is 0 Å². The van der Waals surface area contributed by atoms with Gasteiger partial charge in [-0.3, -0.25) is 0 Å². The fourth-order valence-electron chi connectivity index (χ4n) is 3.57. The van der Waals surface area contributed by atoms with E-state index < -0.39 is 0 Å². The number of hydrogen-bond donors (Lipinski definition) is 1. The van der Waals surface area contributed by atoms with Gasteiger partial charge in [-0.25, -0.2) is 0 Å². The van der Waals surface area contributed by atoms with E-state index in [-0.39, 0.29) is 11.4 Å². The van der Waals surface area contributed by atoms with Crippen molar-refractivity contribution in [3.05, 3.63) is 5.28 Å². The number of halogens is 1. The van der Waals surface area contributed by atoms with Crippen LogP contribution < -0.4 is 9.80 Å². The molecule has 1 aromatic rings. The SMILES string of the molecule is CCN(CC)c1nc(Cl)nc(N2C3CCC2CC(O)C3)n1. The summed E-state index contributed by atoms with van der Waals surface area (Å²) in [5.74, 6) is 1.30. The zero-order valence-corrected chi connectivity index (χ0v) is 13.3. The zero-order chi connectivity index (χ0) is 15.0. The van der Waals surface area contributed by atoms with Crippen molar-refractivity contribution in [3.8, 4) is 0 Å².